The van der Waals surface area contributed by atoms with Crippen LogP contribution in [0.5, 0.6) is 0 Å². The predicted molar refractivity (Wildman–Crippen MR) is 130 cm³/mol. The topological polar surface area (TPSA) is 105 Å². The van der Waals surface area contributed by atoms with E-state index in [4.69, 9.17) is 15.4 Å². The van der Waals surface area contributed by atoms with Crippen LogP contribution in [0.2, 0.25) is 0 Å². The lowest BCUT2D eigenvalue weighted by atomic mass is 9.95. The summed E-state index contributed by atoms with van der Waals surface area (Å²) < 4.78 is 0. The molecule has 1 atom stereocenters. The first kappa shape index (κ1) is 23.2. The molecule has 10 heteroatoms. The highest BCUT2D eigenvalue weighted by molar-refractivity contribution is 8.03. The molecule has 1 aromatic carbocycles. The number of hydrogen-bond donors (Lipinski definition) is 1. The van der Waals surface area contributed by atoms with E-state index in [9.17, 15) is 4.79 Å². The largest absolute Gasteiger partial charge is 0.398 e. The predicted octanol–water partition coefficient (Wildman–Crippen LogP) is 3.57. The van der Waals surface area contributed by atoms with Crippen molar-refractivity contribution in [2.75, 3.05) is 7.11 Å². The highest BCUT2D eigenvalue weighted by atomic mass is 32.2. The lowest BCUT2D eigenvalue weighted by molar-refractivity contribution is -0.112. The Balaban J connectivity index is 1.33. The van der Waals surface area contributed by atoms with E-state index in [1.54, 1.807) is 18.3 Å². The molecule has 1 aromatic rings. The average molecular weight is 471 g/mol. The third kappa shape index (κ3) is 5.16. The van der Waals surface area contributed by atoms with Gasteiger partial charge in [-0.25, -0.2) is 5.01 Å². The molecular formula is C23H30N6O3S. The summed E-state index contributed by atoms with van der Waals surface area (Å²) in [6.45, 7) is 2.31. The minimum atomic E-state index is -0.670. The van der Waals surface area contributed by atoms with Crippen molar-refractivity contribution in [1.29, 1.82) is 0 Å². The monoisotopic (exact) mass is 470 g/mol. The smallest absolute Gasteiger partial charge is 0.271 e. The summed E-state index contributed by atoms with van der Waals surface area (Å²) in [6, 6.07) is 7.82. The standard InChI is InChI=1S/C23H30N6O3S/c1-16-20(29-23(33-16)28(15-25-29)18-9-4-3-5-10-18)12-13-26-32-14-17-8-6-7-11-19(17)21(22(24)30)27-31-2/h6-8,11,13,15,18,23H,3-5,9-10,12,14H2,1-2H3,(H2,24,30)/b26-13?,27-21+. The number of hydrogen-bond acceptors (Lipinski definition) is 9. The molecule has 0 bridgehead atoms. The van der Waals surface area contributed by atoms with Crippen LogP contribution in [0.15, 0.2) is 50.3 Å². The molecule has 1 amide bonds. The van der Waals surface area contributed by atoms with Gasteiger partial charge < -0.3 is 20.3 Å². The minimum Gasteiger partial charge on any atom is -0.398 e. The lowest BCUT2D eigenvalue weighted by Crippen LogP contribution is -2.42. The number of primary amides is 1. The number of thioether (sulfide) groups is 1. The first-order valence-electron chi connectivity index (χ1n) is 11.2. The number of benzene rings is 1. The van der Waals surface area contributed by atoms with Crippen molar-refractivity contribution < 1.29 is 14.5 Å². The second-order valence-electron chi connectivity index (χ2n) is 8.17. The zero-order chi connectivity index (χ0) is 23.2. The van der Waals surface area contributed by atoms with Crippen LogP contribution in [0.1, 0.15) is 56.6 Å². The first-order valence-corrected chi connectivity index (χ1v) is 12.1. The Labute approximate surface area is 198 Å². The van der Waals surface area contributed by atoms with Crippen molar-refractivity contribution in [2.45, 2.75) is 63.6 Å². The van der Waals surface area contributed by atoms with Crippen LogP contribution in [0.4, 0.5) is 0 Å². The molecule has 0 radical (unpaired) electrons. The minimum absolute atomic E-state index is 0.0462. The van der Waals surface area contributed by atoms with Crippen LogP contribution in [-0.4, -0.2) is 52.7 Å². The molecule has 1 aliphatic carbocycles. The number of hydrazone groups is 1. The maximum Gasteiger partial charge on any atom is 0.271 e. The Morgan fingerprint density at radius 2 is 2.09 bits per heavy atom. The van der Waals surface area contributed by atoms with Crippen LogP contribution < -0.4 is 5.73 Å². The van der Waals surface area contributed by atoms with E-state index >= 15 is 0 Å². The zero-order valence-electron chi connectivity index (χ0n) is 19.0. The van der Waals surface area contributed by atoms with Crippen molar-refractivity contribution in [1.82, 2.24) is 9.91 Å². The molecule has 1 saturated carbocycles. The molecule has 4 rings (SSSR count). The molecule has 1 unspecified atom stereocenters. The van der Waals surface area contributed by atoms with Gasteiger partial charge >= 0.3 is 0 Å². The highest BCUT2D eigenvalue weighted by Gasteiger charge is 2.40. The average Bonchev–Trinajstić information content (AvgIpc) is 3.36. The molecule has 0 spiro atoms. The molecule has 2 heterocycles. The molecular weight excluding hydrogens is 440 g/mol. The molecule has 3 aliphatic rings. The van der Waals surface area contributed by atoms with Crippen molar-refractivity contribution in [2.24, 2.45) is 21.1 Å². The summed E-state index contributed by atoms with van der Waals surface area (Å²) in [5.74, 6) is -0.670. The summed E-state index contributed by atoms with van der Waals surface area (Å²) in [6.07, 6.45) is 10.8. The van der Waals surface area contributed by atoms with Crippen molar-refractivity contribution in [3.63, 3.8) is 0 Å². The summed E-state index contributed by atoms with van der Waals surface area (Å²) in [5.41, 5.74) is 8.15. The summed E-state index contributed by atoms with van der Waals surface area (Å²) in [7, 11) is 1.37. The third-order valence-corrected chi connectivity index (χ3v) is 7.32. The van der Waals surface area contributed by atoms with Crippen molar-refractivity contribution >= 4 is 35.9 Å². The number of carbonyl (C=O) groups is 1. The lowest BCUT2D eigenvalue weighted by Gasteiger charge is -2.34. The number of rotatable bonds is 9. The van der Waals surface area contributed by atoms with E-state index in [-0.39, 0.29) is 17.8 Å². The van der Waals surface area contributed by atoms with Crippen LogP contribution in [0.3, 0.4) is 0 Å². The quantitative estimate of drug-likeness (QED) is 0.437. The second-order valence-corrected chi connectivity index (χ2v) is 9.44. The molecule has 1 fully saturated rings. The SMILES string of the molecule is CO/N=C(/C(N)=O)c1ccccc1CON=CCC1=C(C)SC2N1N=CN2C1CCCCC1. The number of oxime groups is 2. The Hall–Kier alpha value is -3.01. The van der Waals surface area contributed by atoms with Gasteiger partial charge in [-0.1, -0.05) is 65.6 Å². The molecule has 2 N–H and O–H groups in total. The Morgan fingerprint density at radius 1 is 1.30 bits per heavy atom. The molecule has 2 aliphatic heterocycles. The van der Waals surface area contributed by atoms with Gasteiger partial charge in [-0.05, 0) is 19.8 Å². The maximum atomic E-state index is 11.7. The van der Waals surface area contributed by atoms with Gasteiger partial charge in [-0.15, -0.1) is 0 Å². The van der Waals surface area contributed by atoms with E-state index in [0.29, 0.717) is 18.0 Å². The van der Waals surface area contributed by atoms with E-state index in [2.05, 4.69) is 32.2 Å². The van der Waals surface area contributed by atoms with Gasteiger partial charge in [0, 0.05) is 34.7 Å². The summed E-state index contributed by atoms with van der Waals surface area (Å²) >= 11 is 1.85. The Kier molecular flexibility index (Phi) is 7.54. The van der Waals surface area contributed by atoms with Crippen LogP contribution >= 0.6 is 11.8 Å². The number of nitrogens with zero attached hydrogens (tertiary/aromatic N) is 5. The number of allylic oxidation sites excluding steroid dienone is 2. The molecule has 0 saturated heterocycles. The van der Waals surface area contributed by atoms with E-state index < -0.39 is 5.91 Å². The maximum absolute atomic E-state index is 11.7. The van der Waals surface area contributed by atoms with Crippen molar-refractivity contribution in [3.05, 3.63) is 46.0 Å². The number of amides is 1. The summed E-state index contributed by atoms with van der Waals surface area (Å²) in [4.78, 5) is 25.7. The highest BCUT2D eigenvalue weighted by Crippen LogP contribution is 2.44. The van der Waals surface area contributed by atoms with Gasteiger partial charge in [-0.3, -0.25) is 4.79 Å². The number of fused-ring (bicyclic) bond motifs is 1. The Bertz CT molecular complexity index is 986. The van der Waals surface area contributed by atoms with E-state index in [0.717, 1.165) is 11.3 Å². The van der Waals surface area contributed by atoms with Crippen LogP contribution in [-0.2, 0) is 21.1 Å². The van der Waals surface area contributed by atoms with Crippen LogP contribution in [0.25, 0.3) is 0 Å². The van der Waals surface area contributed by atoms with Gasteiger partial charge in [0.05, 0.1) is 5.70 Å². The van der Waals surface area contributed by atoms with Gasteiger partial charge in [-0.2, -0.15) is 5.10 Å². The Morgan fingerprint density at radius 3 is 2.85 bits per heavy atom. The molecule has 9 nitrogen and oxygen atoms in total. The fraction of sp³-hybridized carbons (Fsp3) is 0.478. The summed E-state index contributed by atoms with van der Waals surface area (Å²) in [5, 5.41) is 14.7. The molecule has 0 aromatic heterocycles. The van der Waals surface area contributed by atoms with Gasteiger partial charge in [0.15, 0.2) is 11.2 Å². The normalized spacial score (nSPS) is 21.3. The second kappa shape index (κ2) is 10.7. The number of nitrogens with two attached hydrogens (primary N) is 1. The molecule has 176 valence electrons. The van der Waals surface area contributed by atoms with Gasteiger partial charge in [0.2, 0.25) is 0 Å². The fourth-order valence-electron chi connectivity index (χ4n) is 4.43. The van der Waals surface area contributed by atoms with E-state index in [1.807, 2.05) is 30.2 Å². The molecule has 33 heavy (non-hydrogen) atoms. The van der Waals surface area contributed by atoms with Gasteiger partial charge in [0.1, 0.15) is 20.1 Å². The fourth-order valence-corrected chi connectivity index (χ4v) is 5.69. The first-order chi connectivity index (χ1) is 16.1. The van der Waals surface area contributed by atoms with Crippen molar-refractivity contribution in [3.8, 4) is 0 Å². The van der Waals surface area contributed by atoms with E-state index in [1.165, 1.54) is 44.1 Å². The van der Waals surface area contributed by atoms with Crippen LogP contribution in [0, 0.1) is 0 Å². The zero-order valence-corrected chi connectivity index (χ0v) is 19.8. The number of carbonyl (C=O) groups excluding carboxylic acids is 1. The third-order valence-electron chi connectivity index (χ3n) is 6.08. The van der Waals surface area contributed by atoms with Gasteiger partial charge in [0.25, 0.3) is 5.91 Å².